The lowest BCUT2D eigenvalue weighted by molar-refractivity contribution is 0.591. The molecule has 1 aromatic rings. The van der Waals surface area contributed by atoms with Gasteiger partial charge in [-0.1, -0.05) is 13.3 Å². The predicted octanol–water partition coefficient (Wildman–Crippen LogP) is 4.33. The Morgan fingerprint density at radius 1 is 1.33 bits per heavy atom. The molecule has 0 saturated carbocycles. The van der Waals surface area contributed by atoms with Gasteiger partial charge in [-0.2, -0.15) is 0 Å². The highest BCUT2D eigenvalue weighted by molar-refractivity contribution is 9.10. The molecule has 0 amide bonds. The molecule has 0 aromatic heterocycles. The number of hydrogen-bond donors (Lipinski definition) is 1. The summed E-state index contributed by atoms with van der Waals surface area (Å²) in [5, 5.41) is 2.94. The second-order valence-corrected chi connectivity index (χ2v) is 4.43. The minimum atomic E-state index is -0.456. The van der Waals surface area contributed by atoms with Crippen LogP contribution < -0.4 is 5.32 Å². The lowest BCUT2D eigenvalue weighted by Crippen LogP contribution is -2.15. The first-order valence-electron chi connectivity index (χ1n) is 4.95. The molecule has 0 aliphatic carbocycles. The average Bonchev–Trinajstić information content (AvgIpc) is 2.14. The van der Waals surface area contributed by atoms with E-state index in [4.69, 9.17) is 0 Å². The molecule has 1 aromatic carbocycles. The molecule has 0 spiro atoms. The van der Waals surface area contributed by atoms with Crippen LogP contribution in [0.2, 0.25) is 0 Å². The van der Waals surface area contributed by atoms with Gasteiger partial charge in [-0.15, -0.1) is 0 Å². The molecule has 0 saturated heterocycles. The van der Waals surface area contributed by atoms with E-state index in [1.165, 1.54) is 6.07 Å². The highest BCUT2D eigenvalue weighted by Crippen LogP contribution is 2.24. The van der Waals surface area contributed by atoms with Crippen LogP contribution in [0.15, 0.2) is 16.6 Å². The predicted molar refractivity (Wildman–Crippen MR) is 62.1 cm³/mol. The Kier molecular flexibility index (Phi) is 4.51. The second-order valence-electron chi connectivity index (χ2n) is 3.58. The number of rotatable bonds is 4. The Hall–Kier alpha value is -0.640. The van der Waals surface area contributed by atoms with Crippen LogP contribution in [0.25, 0.3) is 0 Å². The fourth-order valence-corrected chi connectivity index (χ4v) is 1.72. The molecule has 1 atom stereocenters. The Morgan fingerprint density at radius 3 is 2.60 bits per heavy atom. The number of anilines is 1. The topological polar surface area (TPSA) is 12.0 Å². The molecule has 0 aliphatic heterocycles. The molecule has 1 N–H and O–H groups in total. The maximum Gasteiger partial charge on any atom is 0.147 e. The first-order chi connectivity index (χ1) is 7.04. The third kappa shape index (κ3) is 3.45. The summed E-state index contributed by atoms with van der Waals surface area (Å²) in [5.41, 5.74) is 0.219. The van der Waals surface area contributed by atoms with Crippen molar-refractivity contribution in [3.63, 3.8) is 0 Å². The molecule has 1 rings (SSSR count). The van der Waals surface area contributed by atoms with E-state index in [0.29, 0.717) is 0 Å². The first-order valence-corrected chi connectivity index (χ1v) is 5.75. The molecule has 84 valence electrons. The van der Waals surface area contributed by atoms with Crippen LogP contribution in [0.1, 0.15) is 26.7 Å². The van der Waals surface area contributed by atoms with E-state index in [-0.39, 0.29) is 16.2 Å². The second kappa shape index (κ2) is 5.45. The Labute approximate surface area is 97.0 Å². The van der Waals surface area contributed by atoms with Gasteiger partial charge in [0.1, 0.15) is 11.6 Å². The third-order valence-electron chi connectivity index (χ3n) is 2.13. The fraction of sp³-hybridized carbons (Fsp3) is 0.455. The highest BCUT2D eigenvalue weighted by Gasteiger charge is 2.09. The minimum Gasteiger partial charge on any atom is -0.380 e. The molecule has 1 unspecified atom stereocenters. The smallest absolute Gasteiger partial charge is 0.147 e. The van der Waals surface area contributed by atoms with Crippen molar-refractivity contribution in [1.29, 1.82) is 0 Å². The van der Waals surface area contributed by atoms with Crippen LogP contribution in [-0.2, 0) is 0 Å². The van der Waals surface area contributed by atoms with Crippen molar-refractivity contribution >= 4 is 21.6 Å². The number of halogens is 3. The zero-order valence-electron chi connectivity index (χ0n) is 8.78. The van der Waals surface area contributed by atoms with Crippen LogP contribution in [0, 0.1) is 11.6 Å². The third-order valence-corrected chi connectivity index (χ3v) is 2.74. The first kappa shape index (κ1) is 12.4. The van der Waals surface area contributed by atoms with Crippen molar-refractivity contribution in [2.45, 2.75) is 32.7 Å². The average molecular weight is 278 g/mol. The van der Waals surface area contributed by atoms with Gasteiger partial charge in [0, 0.05) is 12.1 Å². The van der Waals surface area contributed by atoms with Gasteiger partial charge >= 0.3 is 0 Å². The number of benzene rings is 1. The van der Waals surface area contributed by atoms with Crippen molar-refractivity contribution in [3.8, 4) is 0 Å². The molecule has 0 fully saturated rings. The SMILES string of the molecule is CCCC(C)Nc1cc(F)c(Br)cc1F. The van der Waals surface area contributed by atoms with Gasteiger partial charge in [0.15, 0.2) is 0 Å². The number of hydrogen-bond acceptors (Lipinski definition) is 1. The lowest BCUT2D eigenvalue weighted by Gasteiger charge is -2.15. The van der Waals surface area contributed by atoms with E-state index in [9.17, 15) is 8.78 Å². The molecule has 1 nitrogen and oxygen atoms in total. The molecule has 15 heavy (non-hydrogen) atoms. The van der Waals surface area contributed by atoms with E-state index in [2.05, 4.69) is 28.2 Å². The van der Waals surface area contributed by atoms with Crippen molar-refractivity contribution in [1.82, 2.24) is 0 Å². The quantitative estimate of drug-likeness (QED) is 0.808. The normalized spacial score (nSPS) is 12.6. The van der Waals surface area contributed by atoms with Gasteiger partial charge in [0.05, 0.1) is 10.2 Å². The zero-order valence-corrected chi connectivity index (χ0v) is 10.4. The van der Waals surface area contributed by atoms with Gasteiger partial charge in [0.2, 0.25) is 0 Å². The van der Waals surface area contributed by atoms with Gasteiger partial charge in [0.25, 0.3) is 0 Å². The van der Waals surface area contributed by atoms with E-state index >= 15 is 0 Å². The van der Waals surface area contributed by atoms with E-state index in [1.54, 1.807) is 0 Å². The molecule has 0 heterocycles. The summed E-state index contributed by atoms with van der Waals surface area (Å²) in [4.78, 5) is 0. The van der Waals surface area contributed by atoms with Crippen LogP contribution in [0.3, 0.4) is 0 Å². The zero-order chi connectivity index (χ0) is 11.4. The van der Waals surface area contributed by atoms with Gasteiger partial charge < -0.3 is 5.32 Å². The molecule has 0 radical (unpaired) electrons. The van der Waals surface area contributed by atoms with Gasteiger partial charge in [-0.25, -0.2) is 8.78 Å². The molecular formula is C11H14BrF2N. The summed E-state index contributed by atoms with van der Waals surface area (Å²) in [6, 6.07) is 2.45. The van der Waals surface area contributed by atoms with Crippen molar-refractivity contribution in [2.75, 3.05) is 5.32 Å². The summed E-state index contributed by atoms with van der Waals surface area (Å²) in [6.45, 7) is 4.00. The summed E-state index contributed by atoms with van der Waals surface area (Å²) in [5.74, 6) is -0.895. The maximum atomic E-state index is 13.4. The highest BCUT2D eigenvalue weighted by atomic mass is 79.9. The van der Waals surface area contributed by atoms with Crippen molar-refractivity contribution in [2.24, 2.45) is 0 Å². The molecular weight excluding hydrogens is 264 g/mol. The lowest BCUT2D eigenvalue weighted by atomic mass is 10.2. The maximum absolute atomic E-state index is 13.4. The molecule has 4 heteroatoms. The molecule has 0 bridgehead atoms. The van der Waals surface area contributed by atoms with E-state index < -0.39 is 11.6 Å². The Bertz CT molecular complexity index is 342. The molecule has 0 aliphatic rings. The van der Waals surface area contributed by atoms with Crippen LogP contribution in [0.5, 0.6) is 0 Å². The summed E-state index contributed by atoms with van der Waals surface area (Å²) >= 11 is 2.93. The van der Waals surface area contributed by atoms with E-state index in [0.717, 1.165) is 18.9 Å². The Balaban J connectivity index is 2.81. The Morgan fingerprint density at radius 2 is 2.00 bits per heavy atom. The fourth-order valence-electron chi connectivity index (χ4n) is 1.40. The van der Waals surface area contributed by atoms with Crippen molar-refractivity contribution < 1.29 is 8.78 Å². The van der Waals surface area contributed by atoms with Crippen LogP contribution in [0.4, 0.5) is 14.5 Å². The summed E-state index contributed by atoms with van der Waals surface area (Å²) in [6.07, 6.45) is 1.94. The van der Waals surface area contributed by atoms with Gasteiger partial charge in [-0.05, 0) is 35.3 Å². The summed E-state index contributed by atoms with van der Waals surface area (Å²) < 4.78 is 26.7. The largest absolute Gasteiger partial charge is 0.380 e. The number of nitrogens with one attached hydrogen (secondary N) is 1. The van der Waals surface area contributed by atoms with Gasteiger partial charge in [-0.3, -0.25) is 0 Å². The monoisotopic (exact) mass is 277 g/mol. The van der Waals surface area contributed by atoms with Crippen molar-refractivity contribution in [3.05, 3.63) is 28.2 Å². The van der Waals surface area contributed by atoms with Crippen LogP contribution >= 0.6 is 15.9 Å². The minimum absolute atomic E-state index is 0.144. The standard InChI is InChI=1S/C11H14BrF2N/c1-3-4-7(2)15-11-6-9(13)8(12)5-10(11)14/h5-7,15H,3-4H2,1-2H3. The van der Waals surface area contributed by atoms with E-state index in [1.807, 2.05) is 6.92 Å². The summed E-state index contributed by atoms with van der Waals surface area (Å²) in [7, 11) is 0. The van der Waals surface area contributed by atoms with Crippen LogP contribution in [-0.4, -0.2) is 6.04 Å².